The van der Waals surface area contributed by atoms with Crippen molar-refractivity contribution in [2.24, 2.45) is 5.73 Å². The number of amides is 1. The highest BCUT2D eigenvalue weighted by atomic mass is 16.4. The summed E-state index contributed by atoms with van der Waals surface area (Å²) in [6.07, 6.45) is 4.02. The molecule has 0 fully saturated rings. The fourth-order valence-corrected chi connectivity index (χ4v) is 2.47. The summed E-state index contributed by atoms with van der Waals surface area (Å²) in [6.45, 7) is 0.507. The minimum absolute atomic E-state index is 0.0259. The Morgan fingerprint density at radius 3 is 2.72 bits per heavy atom. The van der Waals surface area contributed by atoms with E-state index < -0.39 is 13.1 Å². The van der Waals surface area contributed by atoms with Crippen LogP contribution >= 0.6 is 0 Å². The Kier molecular flexibility index (Phi) is 7.58. The van der Waals surface area contributed by atoms with Gasteiger partial charge in [-0.05, 0) is 24.9 Å². The third-order valence-corrected chi connectivity index (χ3v) is 3.77. The lowest BCUT2D eigenvalue weighted by atomic mass is 9.76. The first-order valence-electron chi connectivity index (χ1n) is 8.36. The molecule has 0 bridgehead atoms. The average Bonchev–Trinajstić information content (AvgIpc) is 3.01. The lowest BCUT2D eigenvalue weighted by molar-refractivity contribution is -0.122. The zero-order valence-corrected chi connectivity index (χ0v) is 14.1. The first kappa shape index (κ1) is 19.1. The van der Waals surface area contributed by atoms with Gasteiger partial charge >= 0.3 is 7.12 Å². The van der Waals surface area contributed by atoms with Crippen molar-refractivity contribution in [2.75, 3.05) is 6.54 Å². The molecule has 2 aromatic rings. The van der Waals surface area contributed by atoms with Crippen LogP contribution in [0.4, 0.5) is 0 Å². The van der Waals surface area contributed by atoms with E-state index in [0.29, 0.717) is 31.6 Å². The highest BCUT2D eigenvalue weighted by molar-refractivity contribution is 6.43. The average molecular weight is 345 g/mol. The van der Waals surface area contributed by atoms with Gasteiger partial charge in [0.25, 0.3) is 0 Å². The highest BCUT2D eigenvalue weighted by Gasteiger charge is 2.24. The molecule has 1 amide bonds. The summed E-state index contributed by atoms with van der Waals surface area (Å²) < 4.78 is 1.44. The van der Waals surface area contributed by atoms with Crippen LogP contribution in [0.15, 0.2) is 36.7 Å². The van der Waals surface area contributed by atoms with Gasteiger partial charge in [-0.15, -0.1) is 0 Å². The molecule has 0 unspecified atom stereocenters. The van der Waals surface area contributed by atoms with Crippen LogP contribution in [0.3, 0.4) is 0 Å². The summed E-state index contributed by atoms with van der Waals surface area (Å²) in [5.41, 5.74) is 6.51. The largest absolute Gasteiger partial charge is 0.475 e. The van der Waals surface area contributed by atoms with E-state index in [1.807, 2.05) is 30.3 Å². The molecular formula is C16H24BN5O3. The Labute approximate surface area is 147 Å². The van der Waals surface area contributed by atoms with Gasteiger partial charge in [0.05, 0.1) is 5.94 Å². The van der Waals surface area contributed by atoms with Crippen molar-refractivity contribution in [1.82, 2.24) is 20.1 Å². The molecule has 0 saturated heterocycles. The lowest BCUT2D eigenvalue weighted by Gasteiger charge is -2.17. The van der Waals surface area contributed by atoms with Crippen LogP contribution in [-0.4, -0.2) is 50.3 Å². The van der Waals surface area contributed by atoms with Gasteiger partial charge in [-0.25, -0.2) is 9.67 Å². The zero-order valence-electron chi connectivity index (χ0n) is 14.1. The topological polar surface area (TPSA) is 126 Å². The zero-order chi connectivity index (χ0) is 18.1. The molecule has 134 valence electrons. The normalized spacial score (nSPS) is 12.0. The summed E-state index contributed by atoms with van der Waals surface area (Å²) in [5.74, 6) is -0.436. The fraction of sp³-hybridized carbons (Fsp3) is 0.438. The summed E-state index contributed by atoms with van der Waals surface area (Å²) in [5, 5.41) is 25.6. The van der Waals surface area contributed by atoms with Crippen LogP contribution in [0, 0.1) is 0 Å². The molecule has 0 aliphatic carbocycles. The predicted octanol–water partition coefficient (Wildman–Crippen LogP) is -0.505. The van der Waals surface area contributed by atoms with Gasteiger partial charge in [-0.3, -0.25) is 4.79 Å². The molecule has 1 heterocycles. The van der Waals surface area contributed by atoms with E-state index in [1.54, 1.807) is 0 Å². The van der Waals surface area contributed by atoms with Gasteiger partial charge in [-0.2, -0.15) is 5.10 Å². The number of nitrogens with one attached hydrogen (secondary N) is 1. The quantitative estimate of drug-likeness (QED) is 0.340. The van der Waals surface area contributed by atoms with E-state index in [2.05, 4.69) is 15.4 Å². The Balaban J connectivity index is 1.85. The molecule has 0 spiro atoms. The van der Waals surface area contributed by atoms with Gasteiger partial charge in [0.1, 0.15) is 12.9 Å². The molecule has 25 heavy (non-hydrogen) atoms. The van der Waals surface area contributed by atoms with Crippen LogP contribution in [0.2, 0.25) is 0 Å². The SMILES string of the molecule is NCCCC[C@H](NC(=O)Cn1cnc(Cc2ccccc2)n1)B(O)O. The Bertz CT molecular complexity index is 650. The molecule has 1 atom stereocenters. The second-order valence-corrected chi connectivity index (χ2v) is 5.89. The van der Waals surface area contributed by atoms with E-state index in [9.17, 15) is 14.8 Å². The molecule has 8 nitrogen and oxygen atoms in total. The minimum Gasteiger partial charge on any atom is -0.426 e. The number of carbonyl (C=O) groups is 1. The van der Waals surface area contributed by atoms with Crippen molar-refractivity contribution in [3.8, 4) is 0 Å². The molecule has 0 radical (unpaired) electrons. The van der Waals surface area contributed by atoms with Crippen molar-refractivity contribution >= 4 is 13.0 Å². The van der Waals surface area contributed by atoms with Gasteiger partial charge < -0.3 is 21.1 Å². The lowest BCUT2D eigenvalue weighted by Crippen LogP contribution is -2.47. The molecule has 2 rings (SSSR count). The number of nitrogens with two attached hydrogens (primary N) is 1. The van der Waals surface area contributed by atoms with Gasteiger partial charge in [0.15, 0.2) is 5.82 Å². The van der Waals surface area contributed by atoms with Crippen LogP contribution in [-0.2, 0) is 17.8 Å². The first-order chi connectivity index (χ1) is 12.1. The third-order valence-electron chi connectivity index (χ3n) is 3.77. The molecular weight excluding hydrogens is 321 g/mol. The van der Waals surface area contributed by atoms with E-state index in [0.717, 1.165) is 12.0 Å². The van der Waals surface area contributed by atoms with Crippen molar-refractivity contribution in [3.05, 3.63) is 48.0 Å². The fourth-order valence-electron chi connectivity index (χ4n) is 2.47. The summed E-state index contributed by atoms with van der Waals surface area (Å²) in [7, 11) is -1.61. The van der Waals surface area contributed by atoms with Crippen molar-refractivity contribution in [1.29, 1.82) is 0 Å². The third kappa shape index (κ3) is 6.65. The Morgan fingerprint density at radius 2 is 2.04 bits per heavy atom. The highest BCUT2D eigenvalue weighted by Crippen LogP contribution is 2.05. The van der Waals surface area contributed by atoms with Crippen molar-refractivity contribution in [2.45, 2.75) is 38.2 Å². The molecule has 5 N–H and O–H groups in total. The van der Waals surface area contributed by atoms with Gasteiger partial charge in [0.2, 0.25) is 5.91 Å². The monoisotopic (exact) mass is 345 g/mol. The second-order valence-electron chi connectivity index (χ2n) is 5.89. The molecule has 0 saturated carbocycles. The molecule has 1 aromatic carbocycles. The van der Waals surface area contributed by atoms with Crippen LogP contribution < -0.4 is 11.1 Å². The summed E-state index contributed by atoms with van der Waals surface area (Å²) >= 11 is 0. The number of benzene rings is 1. The number of carbonyl (C=O) groups excluding carboxylic acids is 1. The van der Waals surface area contributed by atoms with Gasteiger partial charge in [-0.1, -0.05) is 36.8 Å². The minimum atomic E-state index is -1.61. The van der Waals surface area contributed by atoms with E-state index in [-0.39, 0.29) is 12.5 Å². The van der Waals surface area contributed by atoms with E-state index >= 15 is 0 Å². The molecule has 0 aliphatic heterocycles. The maximum atomic E-state index is 12.1. The predicted molar refractivity (Wildman–Crippen MR) is 94.3 cm³/mol. The van der Waals surface area contributed by atoms with E-state index in [1.165, 1.54) is 11.0 Å². The second kappa shape index (κ2) is 9.92. The molecule has 1 aromatic heterocycles. The Morgan fingerprint density at radius 1 is 1.28 bits per heavy atom. The van der Waals surface area contributed by atoms with Crippen LogP contribution in [0.5, 0.6) is 0 Å². The summed E-state index contributed by atoms with van der Waals surface area (Å²) in [6, 6.07) is 9.82. The number of hydrogen-bond donors (Lipinski definition) is 4. The first-order valence-corrected chi connectivity index (χ1v) is 8.36. The number of nitrogens with zero attached hydrogens (tertiary/aromatic N) is 3. The number of unbranched alkanes of at least 4 members (excludes halogenated alkanes) is 1. The Hall–Kier alpha value is -2.23. The summed E-state index contributed by atoms with van der Waals surface area (Å²) in [4.78, 5) is 16.3. The van der Waals surface area contributed by atoms with Crippen molar-refractivity contribution in [3.63, 3.8) is 0 Å². The van der Waals surface area contributed by atoms with Crippen LogP contribution in [0.25, 0.3) is 0 Å². The number of aromatic nitrogens is 3. The molecule has 0 aliphatic rings. The number of rotatable bonds is 10. The van der Waals surface area contributed by atoms with Crippen molar-refractivity contribution < 1.29 is 14.8 Å². The smallest absolute Gasteiger partial charge is 0.426 e. The number of hydrogen-bond acceptors (Lipinski definition) is 6. The van der Waals surface area contributed by atoms with E-state index in [4.69, 9.17) is 5.73 Å². The van der Waals surface area contributed by atoms with Crippen LogP contribution in [0.1, 0.15) is 30.7 Å². The molecule has 9 heteroatoms. The maximum absolute atomic E-state index is 12.1. The van der Waals surface area contributed by atoms with Gasteiger partial charge in [0, 0.05) is 6.42 Å². The maximum Gasteiger partial charge on any atom is 0.475 e. The standard InChI is InChI=1S/C16H24BN5O3/c18-9-5-4-8-14(17(24)25)20-16(23)11-22-12-19-15(21-22)10-13-6-2-1-3-7-13/h1-3,6-7,12,14,24-25H,4-5,8-11,18H2,(H,20,23)/t14-/m0/s1.